The van der Waals surface area contributed by atoms with Gasteiger partial charge in [-0.15, -0.1) is 0 Å². The van der Waals surface area contributed by atoms with Gasteiger partial charge >= 0.3 is 12.1 Å². The number of ether oxygens (including phenoxy) is 2. The number of carbonyl (C=O) groups excluding carboxylic acids is 2. The molecule has 1 fully saturated rings. The van der Waals surface area contributed by atoms with Gasteiger partial charge in [-0.05, 0) is 18.9 Å². The molecule has 1 atom stereocenters. The van der Waals surface area contributed by atoms with Crippen LogP contribution < -0.4 is 0 Å². The summed E-state index contributed by atoms with van der Waals surface area (Å²) in [6, 6.07) is 9.32. The van der Waals surface area contributed by atoms with Crippen LogP contribution in [-0.4, -0.2) is 60.7 Å². The van der Waals surface area contributed by atoms with Crippen LogP contribution in [0.4, 0.5) is 4.79 Å². The molecule has 1 aliphatic heterocycles. The van der Waals surface area contributed by atoms with Gasteiger partial charge in [0.05, 0.1) is 6.61 Å². The number of benzene rings is 1. The fourth-order valence-corrected chi connectivity index (χ4v) is 2.69. The van der Waals surface area contributed by atoms with E-state index in [0.717, 1.165) is 18.4 Å². The van der Waals surface area contributed by atoms with Crippen LogP contribution in [0, 0.1) is 0 Å². The molecule has 6 nitrogen and oxygen atoms in total. The third-order valence-corrected chi connectivity index (χ3v) is 4.41. The molecule has 1 heterocycles. The molecule has 0 aromatic heterocycles. The van der Waals surface area contributed by atoms with E-state index in [-0.39, 0.29) is 24.7 Å². The highest BCUT2D eigenvalue weighted by molar-refractivity contribution is 5.75. The maximum atomic E-state index is 12.2. The van der Waals surface area contributed by atoms with Crippen LogP contribution >= 0.6 is 0 Å². The quantitative estimate of drug-likeness (QED) is 0.560. The van der Waals surface area contributed by atoms with Crippen LogP contribution in [0.3, 0.4) is 0 Å². The number of amides is 1. The fourth-order valence-electron chi connectivity index (χ4n) is 2.69. The van der Waals surface area contributed by atoms with E-state index in [4.69, 9.17) is 9.47 Å². The molecular formula is C19H28N2O4. The molecule has 1 aromatic carbocycles. The van der Waals surface area contributed by atoms with E-state index < -0.39 is 0 Å². The van der Waals surface area contributed by atoms with Gasteiger partial charge in [0.25, 0.3) is 0 Å². The summed E-state index contributed by atoms with van der Waals surface area (Å²) < 4.78 is 10.6. The van der Waals surface area contributed by atoms with Crippen molar-refractivity contribution in [3.05, 3.63) is 35.9 Å². The molecular weight excluding hydrogens is 320 g/mol. The Balaban J connectivity index is 1.72. The zero-order chi connectivity index (χ0) is 18.1. The first-order valence-corrected chi connectivity index (χ1v) is 8.98. The number of carbonyl (C=O) groups is 2. The van der Waals surface area contributed by atoms with Crippen molar-refractivity contribution in [3.8, 4) is 0 Å². The lowest BCUT2D eigenvalue weighted by atomic mass is 10.2. The molecule has 0 aliphatic carbocycles. The second-order valence-corrected chi connectivity index (χ2v) is 6.26. The Hall–Kier alpha value is -2.08. The molecule has 138 valence electrons. The van der Waals surface area contributed by atoms with Crippen LogP contribution in [-0.2, 0) is 20.9 Å². The molecule has 2 rings (SSSR count). The predicted molar refractivity (Wildman–Crippen MR) is 95.1 cm³/mol. The monoisotopic (exact) mass is 348 g/mol. The number of hydrogen-bond acceptors (Lipinski definition) is 5. The van der Waals surface area contributed by atoms with Crippen LogP contribution in [0.5, 0.6) is 0 Å². The summed E-state index contributed by atoms with van der Waals surface area (Å²) in [7, 11) is 0. The standard InChI is InChI=1S/C19H28N2O4/c1-3-4-14-24-19(23)21-12-10-20(11-13-21)16(2)18(22)25-15-17-8-6-5-7-9-17/h5-9,16H,3-4,10-15H2,1-2H3/t16-/m0/s1. The number of esters is 1. The van der Waals surface area contributed by atoms with Crippen molar-refractivity contribution in [3.63, 3.8) is 0 Å². The maximum Gasteiger partial charge on any atom is 0.409 e. The van der Waals surface area contributed by atoms with E-state index in [1.54, 1.807) is 4.90 Å². The van der Waals surface area contributed by atoms with Crippen molar-refractivity contribution in [1.82, 2.24) is 9.80 Å². The third-order valence-electron chi connectivity index (χ3n) is 4.41. The average Bonchev–Trinajstić information content (AvgIpc) is 2.66. The lowest BCUT2D eigenvalue weighted by molar-refractivity contribution is -0.151. The van der Waals surface area contributed by atoms with Gasteiger partial charge in [-0.25, -0.2) is 4.79 Å². The zero-order valence-electron chi connectivity index (χ0n) is 15.1. The molecule has 1 aromatic rings. The van der Waals surface area contributed by atoms with Crippen molar-refractivity contribution in [2.75, 3.05) is 32.8 Å². The molecule has 6 heteroatoms. The Labute approximate surface area is 149 Å². The number of hydrogen-bond donors (Lipinski definition) is 0. The first-order chi connectivity index (χ1) is 12.1. The molecule has 0 spiro atoms. The van der Waals surface area contributed by atoms with E-state index in [1.165, 1.54) is 0 Å². The first kappa shape index (κ1) is 19.2. The third kappa shape index (κ3) is 6.05. The van der Waals surface area contributed by atoms with Crippen LogP contribution in [0.25, 0.3) is 0 Å². The highest BCUT2D eigenvalue weighted by Gasteiger charge is 2.28. The lowest BCUT2D eigenvalue weighted by Crippen LogP contribution is -2.53. The number of nitrogens with zero attached hydrogens (tertiary/aromatic N) is 2. The summed E-state index contributed by atoms with van der Waals surface area (Å²) in [5.74, 6) is -0.233. The lowest BCUT2D eigenvalue weighted by Gasteiger charge is -2.36. The van der Waals surface area contributed by atoms with E-state index in [1.807, 2.05) is 42.2 Å². The summed E-state index contributed by atoms with van der Waals surface area (Å²) in [6.45, 7) is 7.09. The van der Waals surface area contributed by atoms with E-state index >= 15 is 0 Å². The molecule has 25 heavy (non-hydrogen) atoms. The Morgan fingerprint density at radius 1 is 1.08 bits per heavy atom. The second kappa shape index (κ2) is 10.0. The normalized spacial score (nSPS) is 16.3. The Kier molecular flexibility index (Phi) is 7.73. The predicted octanol–water partition coefficient (Wildman–Crippen LogP) is 2.67. The number of rotatable bonds is 7. The highest BCUT2D eigenvalue weighted by atomic mass is 16.6. The minimum atomic E-state index is -0.318. The van der Waals surface area contributed by atoms with E-state index in [2.05, 4.69) is 6.92 Å². The molecule has 1 aliphatic rings. The summed E-state index contributed by atoms with van der Waals surface area (Å²) in [6.07, 6.45) is 1.63. The van der Waals surface area contributed by atoms with Gasteiger partial charge in [0.2, 0.25) is 0 Å². The topological polar surface area (TPSA) is 59.1 Å². The Bertz CT molecular complexity index is 542. The summed E-state index contributed by atoms with van der Waals surface area (Å²) in [5, 5.41) is 0. The molecule has 1 amide bonds. The van der Waals surface area contributed by atoms with Gasteiger partial charge in [-0.3, -0.25) is 9.69 Å². The zero-order valence-corrected chi connectivity index (χ0v) is 15.1. The van der Waals surface area contributed by atoms with Crippen molar-refractivity contribution in [2.45, 2.75) is 39.3 Å². The molecule has 0 unspecified atom stereocenters. The van der Waals surface area contributed by atoms with Crippen LogP contribution in [0.15, 0.2) is 30.3 Å². The minimum absolute atomic E-state index is 0.233. The molecule has 1 saturated heterocycles. The van der Waals surface area contributed by atoms with Gasteiger partial charge in [-0.2, -0.15) is 0 Å². The molecule has 0 bridgehead atoms. The number of piperazine rings is 1. The Morgan fingerprint density at radius 2 is 1.76 bits per heavy atom. The van der Waals surface area contributed by atoms with Crippen LogP contribution in [0.2, 0.25) is 0 Å². The highest BCUT2D eigenvalue weighted by Crippen LogP contribution is 2.10. The summed E-state index contributed by atoms with van der Waals surface area (Å²) in [5.41, 5.74) is 0.975. The smallest absolute Gasteiger partial charge is 0.409 e. The van der Waals surface area contributed by atoms with Gasteiger partial charge in [0.1, 0.15) is 12.6 Å². The SMILES string of the molecule is CCCCOC(=O)N1CCN([C@@H](C)C(=O)OCc2ccccc2)CC1. The molecule has 0 saturated carbocycles. The van der Waals surface area contributed by atoms with E-state index in [9.17, 15) is 9.59 Å². The summed E-state index contributed by atoms with van der Waals surface area (Å²) >= 11 is 0. The van der Waals surface area contributed by atoms with Crippen molar-refractivity contribution < 1.29 is 19.1 Å². The van der Waals surface area contributed by atoms with Crippen LogP contribution in [0.1, 0.15) is 32.3 Å². The number of unbranched alkanes of at least 4 members (excludes halogenated alkanes) is 1. The van der Waals surface area contributed by atoms with E-state index in [0.29, 0.717) is 32.8 Å². The van der Waals surface area contributed by atoms with Gasteiger partial charge < -0.3 is 14.4 Å². The van der Waals surface area contributed by atoms with Crippen molar-refractivity contribution >= 4 is 12.1 Å². The molecule has 0 radical (unpaired) electrons. The van der Waals surface area contributed by atoms with Crippen molar-refractivity contribution in [1.29, 1.82) is 0 Å². The van der Waals surface area contributed by atoms with Gasteiger partial charge in [0, 0.05) is 26.2 Å². The Morgan fingerprint density at radius 3 is 2.40 bits per heavy atom. The van der Waals surface area contributed by atoms with Gasteiger partial charge in [-0.1, -0.05) is 43.7 Å². The maximum absolute atomic E-state index is 12.2. The average molecular weight is 348 g/mol. The van der Waals surface area contributed by atoms with Gasteiger partial charge in [0.15, 0.2) is 0 Å². The van der Waals surface area contributed by atoms with Crippen molar-refractivity contribution in [2.24, 2.45) is 0 Å². The molecule has 0 N–H and O–H groups in total. The summed E-state index contributed by atoms with van der Waals surface area (Å²) in [4.78, 5) is 27.9. The second-order valence-electron chi connectivity index (χ2n) is 6.26. The fraction of sp³-hybridized carbons (Fsp3) is 0.579. The first-order valence-electron chi connectivity index (χ1n) is 8.98. The minimum Gasteiger partial charge on any atom is -0.460 e. The largest absolute Gasteiger partial charge is 0.460 e.